The quantitative estimate of drug-likeness (QED) is 0.833. The van der Waals surface area contributed by atoms with Crippen molar-refractivity contribution in [3.05, 3.63) is 29.3 Å². The Morgan fingerprint density at radius 2 is 2.31 bits per heavy atom. The number of carboxylic acid groups (broad SMARTS) is 1. The Bertz CT molecular complexity index is 412. The molecule has 0 amide bonds. The van der Waals surface area contributed by atoms with Crippen molar-refractivity contribution in [2.75, 3.05) is 0 Å². The first-order valence-electron chi connectivity index (χ1n) is 5.56. The third-order valence-corrected chi connectivity index (χ3v) is 3.06. The molecule has 0 aromatic heterocycles. The lowest BCUT2D eigenvalue weighted by Crippen LogP contribution is -2.24. The van der Waals surface area contributed by atoms with Crippen LogP contribution in [-0.2, 0) is 4.79 Å². The summed E-state index contributed by atoms with van der Waals surface area (Å²) >= 11 is 0. The van der Waals surface area contributed by atoms with Gasteiger partial charge in [-0.1, -0.05) is 12.1 Å². The maximum atomic E-state index is 10.9. The van der Waals surface area contributed by atoms with Gasteiger partial charge >= 0.3 is 5.97 Å². The Morgan fingerprint density at radius 3 is 3.00 bits per heavy atom. The van der Waals surface area contributed by atoms with Crippen LogP contribution in [0.4, 0.5) is 0 Å². The van der Waals surface area contributed by atoms with E-state index in [9.17, 15) is 4.79 Å². The molecule has 16 heavy (non-hydrogen) atoms. The maximum Gasteiger partial charge on any atom is 0.303 e. The number of fused-ring (bicyclic) bond motifs is 1. The van der Waals surface area contributed by atoms with Crippen LogP contribution in [0.2, 0.25) is 0 Å². The smallest absolute Gasteiger partial charge is 0.303 e. The highest BCUT2D eigenvalue weighted by Crippen LogP contribution is 2.39. The Kier molecular flexibility index (Phi) is 2.86. The molecule has 86 valence electrons. The van der Waals surface area contributed by atoms with E-state index in [1.54, 1.807) is 0 Å². The van der Waals surface area contributed by atoms with Gasteiger partial charge in [-0.05, 0) is 31.9 Å². The predicted molar refractivity (Wildman–Crippen MR) is 60.9 cm³/mol. The molecule has 1 aromatic carbocycles. The average molecular weight is 220 g/mol. The highest BCUT2D eigenvalue weighted by Gasteiger charge is 2.28. The van der Waals surface area contributed by atoms with Gasteiger partial charge in [0.2, 0.25) is 0 Å². The van der Waals surface area contributed by atoms with Crippen molar-refractivity contribution in [3.63, 3.8) is 0 Å². The van der Waals surface area contributed by atoms with Crippen molar-refractivity contribution in [2.24, 2.45) is 0 Å². The number of ether oxygens (including phenoxy) is 1. The number of aliphatic carboxylic acids is 1. The molecular weight excluding hydrogens is 204 g/mol. The fourth-order valence-corrected chi connectivity index (χ4v) is 2.46. The number of aryl methyl sites for hydroxylation is 1. The molecule has 1 N–H and O–H groups in total. The van der Waals surface area contributed by atoms with Crippen LogP contribution in [0.15, 0.2) is 18.2 Å². The van der Waals surface area contributed by atoms with E-state index >= 15 is 0 Å². The lowest BCUT2D eigenvalue weighted by Gasteiger charge is -2.30. The van der Waals surface area contributed by atoms with Gasteiger partial charge < -0.3 is 9.84 Å². The molecular formula is C13H16O3. The van der Waals surface area contributed by atoms with E-state index < -0.39 is 5.97 Å². The third-order valence-electron chi connectivity index (χ3n) is 3.06. The molecule has 0 saturated heterocycles. The molecule has 1 aliphatic heterocycles. The van der Waals surface area contributed by atoms with Crippen LogP contribution in [0.3, 0.4) is 0 Å². The second-order valence-corrected chi connectivity index (χ2v) is 4.45. The highest BCUT2D eigenvalue weighted by atomic mass is 16.5. The molecule has 0 bridgehead atoms. The van der Waals surface area contributed by atoms with Crippen molar-refractivity contribution in [3.8, 4) is 5.75 Å². The van der Waals surface area contributed by atoms with E-state index in [0.29, 0.717) is 0 Å². The van der Waals surface area contributed by atoms with E-state index in [2.05, 4.69) is 0 Å². The van der Waals surface area contributed by atoms with Gasteiger partial charge in [-0.25, -0.2) is 0 Å². The average Bonchev–Trinajstić information content (AvgIpc) is 2.15. The SMILES string of the molecule is Cc1cccc2c1C(CC(=O)O)C[C@@H](C)O2. The number of hydrogen-bond acceptors (Lipinski definition) is 2. The zero-order valence-corrected chi connectivity index (χ0v) is 9.56. The van der Waals surface area contributed by atoms with Gasteiger partial charge in [0.25, 0.3) is 0 Å². The summed E-state index contributed by atoms with van der Waals surface area (Å²) in [4.78, 5) is 10.9. The topological polar surface area (TPSA) is 46.5 Å². The summed E-state index contributed by atoms with van der Waals surface area (Å²) in [5, 5.41) is 8.93. The summed E-state index contributed by atoms with van der Waals surface area (Å²) in [5.41, 5.74) is 2.19. The van der Waals surface area contributed by atoms with Gasteiger partial charge in [-0.2, -0.15) is 0 Å². The minimum Gasteiger partial charge on any atom is -0.490 e. The largest absolute Gasteiger partial charge is 0.490 e. The first kappa shape index (κ1) is 11.0. The van der Waals surface area contributed by atoms with E-state index in [4.69, 9.17) is 9.84 Å². The fraction of sp³-hybridized carbons (Fsp3) is 0.462. The third kappa shape index (κ3) is 2.03. The van der Waals surface area contributed by atoms with Gasteiger partial charge in [0.05, 0.1) is 12.5 Å². The molecule has 1 aromatic rings. The maximum absolute atomic E-state index is 10.9. The Balaban J connectivity index is 2.39. The first-order chi connectivity index (χ1) is 7.58. The molecule has 0 fully saturated rings. The van der Waals surface area contributed by atoms with Gasteiger partial charge in [-0.3, -0.25) is 4.79 Å². The van der Waals surface area contributed by atoms with E-state index in [1.807, 2.05) is 32.0 Å². The van der Waals surface area contributed by atoms with Crippen molar-refractivity contribution in [1.82, 2.24) is 0 Å². The van der Waals surface area contributed by atoms with Crippen molar-refractivity contribution in [1.29, 1.82) is 0 Å². The normalized spacial score (nSPS) is 23.4. The molecule has 0 saturated carbocycles. The van der Waals surface area contributed by atoms with Gasteiger partial charge in [0, 0.05) is 11.5 Å². The van der Waals surface area contributed by atoms with E-state index in [-0.39, 0.29) is 18.4 Å². The Hall–Kier alpha value is -1.51. The minimum absolute atomic E-state index is 0.0810. The van der Waals surface area contributed by atoms with Crippen LogP contribution in [0.25, 0.3) is 0 Å². The monoisotopic (exact) mass is 220 g/mol. The summed E-state index contributed by atoms with van der Waals surface area (Å²) in [6.45, 7) is 3.99. The summed E-state index contributed by atoms with van der Waals surface area (Å²) < 4.78 is 5.73. The summed E-state index contributed by atoms with van der Waals surface area (Å²) in [6.07, 6.45) is 1.06. The molecule has 3 heteroatoms. The lowest BCUT2D eigenvalue weighted by molar-refractivity contribution is -0.137. The van der Waals surface area contributed by atoms with Crippen LogP contribution in [0.5, 0.6) is 5.75 Å². The molecule has 0 spiro atoms. The van der Waals surface area contributed by atoms with Gasteiger partial charge in [0.15, 0.2) is 0 Å². The van der Waals surface area contributed by atoms with E-state index in [0.717, 1.165) is 23.3 Å². The first-order valence-corrected chi connectivity index (χ1v) is 5.56. The van der Waals surface area contributed by atoms with Gasteiger partial charge in [-0.15, -0.1) is 0 Å². The highest BCUT2D eigenvalue weighted by molar-refractivity contribution is 5.68. The number of rotatable bonds is 2. The summed E-state index contributed by atoms with van der Waals surface area (Å²) in [5.74, 6) is 0.191. The summed E-state index contributed by atoms with van der Waals surface area (Å²) in [6, 6.07) is 5.88. The van der Waals surface area contributed by atoms with E-state index in [1.165, 1.54) is 0 Å². The summed E-state index contributed by atoms with van der Waals surface area (Å²) in [7, 11) is 0. The van der Waals surface area contributed by atoms with Gasteiger partial charge in [0.1, 0.15) is 5.75 Å². The molecule has 2 rings (SSSR count). The number of benzene rings is 1. The van der Waals surface area contributed by atoms with Crippen LogP contribution in [-0.4, -0.2) is 17.2 Å². The van der Waals surface area contributed by atoms with Crippen LogP contribution in [0.1, 0.15) is 36.8 Å². The van der Waals surface area contributed by atoms with Crippen molar-refractivity contribution in [2.45, 2.75) is 38.7 Å². The second kappa shape index (κ2) is 4.16. The van der Waals surface area contributed by atoms with Crippen LogP contribution < -0.4 is 4.74 Å². The van der Waals surface area contributed by atoms with Crippen molar-refractivity contribution < 1.29 is 14.6 Å². The number of carbonyl (C=O) groups is 1. The second-order valence-electron chi connectivity index (χ2n) is 4.45. The molecule has 1 aliphatic rings. The molecule has 1 unspecified atom stereocenters. The van der Waals surface area contributed by atoms with Crippen molar-refractivity contribution >= 4 is 5.97 Å². The zero-order valence-electron chi connectivity index (χ0n) is 9.56. The predicted octanol–water partition coefficient (Wildman–Crippen LogP) is 2.72. The minimum atomic E-state index is -0.742. The fourth-order valence-electron chi connectivity index (χ4n) is 2.46. The number of carboxylic acids is 1. The molecule has 2 atom stereocenters. The van der Waals surface area contributed by atoms with Crippen LogP contribution in [0, 0.1) is 6.92 Å². The Morgan fingerprint density at radius 1 is 1.56 bits per heavy atom. The molecule has 3 nitrogen and oxygen atoms in total. The van der Waals surface area contributed by atoms with Crippen LogP contribution >= 0.6 is 0 Å². The standard InChI is InChI=1S/C13H16O3/c1-8-4-3-5-11-13(8)10(7-12(14)15)6-9(2)16-11/h3-5,9-10H,6-7H2,1-2H3,(H,14,15)/t9-,10?/m1/s1. The molecule has 0 radical (unpaired) electrons. The molecule has 1 heterocycles. The zero-order chi connectivity index (χ0) is 11.7. The molecule has 0 aliphatic carbocycles. The Labute approximate surface area is 95.0 Å². The lowest BCUT2D eigenvalue weighted by atomic mass is 9.85. The number of hydrogen-bond donors (Lipinski definition) is 1.